The van der Waals surface area contributed by atoms with E-state index in [1.165, 1.54) is 103 Å². The molecular formula is C81H140N15O26PS5Si4. The normalized spacial score (nSPS) is 19.8. The lowest BCUT2D eigenvalue weighted by Gasteiger charge is -2.50. The van der Waals surface area contributed by atoms with Gasteiger partial charge in [0.2, 0.25) is 12.5 Å². The quantitative estimate of drug-likeness (QED) is 0.00588. The van der Waals surface area contributed by atoms with E-state index in [9.17, 15) is 58.8 Å². The number of esters is 2. The third-order valence-corrected chi connectivity index (χ3v) is 49.4. The molecule has 8 rings (SSSR count). The highest BCUT2D eigenvalue weighted by atomic mass is 32.2. The number of aryl methyl sites for hydroxylation is 1. The molecule has 14 N–H and O–H groups in total. The molecule has 51 heteroatoms. The Morgan fingerprint density at radius 3 is 1.33 bits per heavy atom. The SMILES string of the molecule is CC(=O)Nc1ccn(C(COC(C)=O)SC2CO[Si](C(C)C)(C(C)C)O[Si](C(C)C)(C(C)C)OC2)c(=O)n1.CC(C)[Si]1(C(C)C)OCC(SC(CO)n2ccc(N)nc2=O)CO[Si](C(C)C)(C(C)C)O1.Nc1ccn(C(CO)SC(CO)CO)c(=O)n1.Nc1ccn([C@@H]2S[C@H](CO)C(O)C2O)c(=O)n1.[2H]C([3H])OCC(COP(C)OCC[N+]#[C-])SC(COC(C)=O)n1ccc(C)nc1=O. The van der Waals surface area contributed by atoms with Gasteiger partial charge >= 0.3 is 74.6 Å². The number of nitrogens with two attached hydrogens (primary N) is 3. The summed E-state index contributed by atoms with van der Waals surface area (Å²) in [6.07, 6.45) is 5.34. The second kappa shape index (κ2) is 57.5. The highest BCUT2D eigenvalue weighted by molar-refractivity contribution is 8.01. The van der Waals surface area contributed by atoms with Gasteiger partial charge in [-0.25, -0.2) is 30.5 Å². The minimum atomic E-state index is -2.71. The Bertz CT molecular complexity index is 4700. The summed E-state index contributed by atoms with van der Waals surface area (Å²) in [6, 6.07) is 7.66. The molecule has 3 aliphatic rings. The molecule has 3 fully saturated rings. The number of hydrogen-bond donors (Lipinski definition) is 11. The zero-order valence-corrected chi connectivity index (χ0v) is 88.0. The monoisotopic (exact) mass is 2040 g/mol. The minimum Gasteiger partial charge on any atom is -0.463 e. The molecule has 1 amide bonds. The van der Waals surface area contributed by atoms with Gasteiger partial charge in [0.05, 0.1) is 108 Å². The van der Waals surface area contributed by atoms with Crippen LogP contribution in [-0.4, -0.2) is 287 Å². The maximum Gasteiger partial charge on any atom is 0.350 e. The Labute approximate surface area is 801 Å². The van der Waals surface area contributed by atoms with E-state index in [0.717, 1.165) is 23.5 Å². The lowest BCUT2D eigenvalue weighted by molar-refractivity contribution is -0.142. The number of methoxy groups -OCH3 is 1. The number of aromatic nitrogens is 10. The fourth-order valence-electron chi connectivity index (χ4n) is 14.2. The van der Waals surface area contributed by atoms with Crippen LogP contribution in [0.3, 0.4) is 0 Å². The summed E-state index contributed by atoms with van der Waals surface area (Å²) in [6.45, 7) is 50.0. The number of nitrogens with zero attached hydrogens (tertiary/aromatic N) is 11. The molecule has 746 valence electrons. The number of nitrogen functional groups attached to an aromatic ring is 3. The first kappa shape index (κ1) is 115. The molecule has 5 aromatic rings. The van der Waals surface area contributed by atoms with Crippen molar-refractivity contribution in [2.45, 2.75) is 248 Å². The van der Waals surface area contributed by atoms with E-state index in [-0.39, 0.29) is 162 Å². The Hall–Kier alpha value is -5.89. The van der Waals surface area contributed by atoms with Crippen molar-refractivity contribution in [2.75, 3.05) is 135 Å². The number of thioether (sulfide) groups is 5. The molecule has 8 heterocycles. The van der Waals surface area contributed by atoms with Gasteiger partial charge in [-0.15, -0.1) is 58.8 Å². The summed E-state index contributed by atoms with van der Waals surface area (Å²) >= 11 is 6.42. The molecule has 132 heavy (non-hydrogen) atoms. The number of carbonyl (C=O) groups excluding carboxylic acids is 3. The molecule has 3 aliphatic heterocycles. The van der Waals surface area contributed by atoms with Gasteiger partial charge in [0.25, 0.3) is 0 Å². The van der Waals surface area contributed by atoms with Crippen molar-refractivity contribution in [3.63, 3.8) is 0 Å². The lowest BCUT2D eigenvalue weighted by atomic mass is 10.1. The van der Waals surface area contributed by atoms with Crippen molar-refractivity contribution in [1.82, 2.24) is 47.8 Å². The zero-order chi connectivity index (χ0) is 101. The molecule has 0 aromatic carbocycles. The number of nitrogens with one attached hydrogen (secondary N) is 1. The third kappa shape index (κ3) is 34.9. The molecule has 0 spiro atoms. The molecule has 11 atom stereocenters. The Morgan fingerprint density at radius 1 is 0.553 bits per heavy atom. The maximum absolute atomic E-state index is 12.9. The number of anilines is 4. The largest absolute Gasteiger partial charge is 0.463 e. The van der Waals surface area contributed by atoms with Crippen molar-refractivity contribution in [3.8, 4) is 0 Å². The lowest BCUT2D eigenvalue weighted by Crippen LogP contribution is -2.63. The standard InChI is InChI=1S/C25H45N3O7SSi2.C21H41N3O5SSi2.C17H26N3O6PS.C9H13N3O4S.C9H15N3O4S/c1-16(2)37(17(3)4)33-13-22(14-34-38(35-37,18(5)6)19(7)8)36-24(15-32-21(10)30)28-12-11-23(26-20(9)29)27-25(28)31;1-14(2)31(15(3)4)27-12-18(13-28-32(29-31,16(5)6)17(7)8)30-20(11-25)24-10-9-19(22)23-21(24)26;1-13-6-8-20(17(22)19-13)16(12-24-14(2)21)28-15(10-23-4)11-26-27(5)25-9-7-18-3;10-5-1-2-12(9(16)11-5)8-7(15)6(14)4(3-13)17-8;10-7-1-2-12(9(16)11-7)8(5-15)17-6(3-13)4-14/h11-12,16-19,22,24H,13-15H2,1-10H3,(H,26,27,29,31);9-10,14-18,20,25H,11-13H2,1-8H3,(H2,22,23,26);6,8,15-16H,7,9-12H2,1-2,4-5H3;1-2,4,6-8,13-15H,3H2,(H2,10,11,16);1-2,6,8,13-15H,3-5H2,(H2,10,11,16)/t;;;4-,6?,7?,8-;/m...1./s1/i;;4TD;;. The van der Waals surface area contributed by atoms with Gasteiger partial charge in [0.1, 0.15) is 76.1 Å². The van der Waals surface area contributed by atoms with Crippen LogP contribution < -0.4 is 51.0 Å². The Kier molecular flexibility index (Phi) is 50.0. The van der Waals surface area contributed by atoms with Gasteiger partial charge in [-0.05, 0) is 81.6 Å². The van der Waals surface area contributed by atoms with Gasteiger partial charge in [-0.1, -0.05) is 111 Å². The molecule has 3 saturated heterocycles. The molecule has 5 aromatic heterocycles. The summed E-state index contributed by atoms with van der Waals surface area (Å²) in [4.78, 5) is 117. The van der Waals surface area contributed by atoms with Gasteiger partial charge in [0.15, 0.2) is 8.38 Å². The molecule has 9 unspecified atom stereocenters. The van der Waals surface area contributed by atoms with Crippen LogP contribution in [0.25, 0.3) is 4.85 Å². The van der Waals surface area contributed by atoms with E-state index in [1.54, 1.807) is 50.4 Å². The summed E-state index contributed by atoms with van der Waals surface area (Å²) in [7, 11) is -13.4. The Morgan fingerprint density at radius 2 is 0.947 bits per heavy atom. The fourth-order valence-corrected chi connectivity index (χ4v) is 43.7. The number of aliphatic hydroxyl groups is 7. The van der Waals surface area contributed by atoms with Crippen LogP contribution in [-0.2, 0) is 63.6 Å². The van der Waals surface area contributed by atoms with Crippen molar-refractivity contribution < 1.29 is 102 Å². The van der Waals surface area contributed by atoms with Gasteiger partial charge in [-0.2, -0.15) is 24.9 Å². The average molecular weight is 2050 g/mol. The van der Waals surface area contributed by atoms with E-state index in [4.69, 9.17) is 91.0 Å². The van der Waals surface area contributed by atoms with Gasteiger partial charge in [-0.3, -0.25) is 37.2 Å². The predicted octanol–water partition coefficient (Wildman–Crippen LogP) is 7.77. The average Bonchev–Trinajstić information content (AvgIpc) is 1.08. The first-order chi connectivity index (χ1) is 62.9. The number of carbonyl (C=O) groups is 3. The molecule has 0 radical (unpaired) electrons. The van der Waals surface area contributed by atoms with Crippen LogP contribution >= 0.6 is 67.2 Å². The molecule has 0 saturated carbocycles. The van der Waals surface area contributed by atoms with Crippen LogP contribution in [0.4, 0.5) is 23.3 Å². The number of aliphatic hydroxyl groups excluding tert-OH is 7. The topological polar surface area (TPSA) is 563 Å². The first-order valence-electron chi connectivity index (χ1n) is 44.2. The van der Waals surface area contributed by atoms with Crippen molar-refractivity contribution in [3.05, 3.63) is 131 Å². The summed E-state index contributed by atoms with van der Waals surface area (Å²) < 4.78 is 89.1. The number of amides is 1. The smallest absolute Gasteiger partial charge is 0.350 e. The summed E-state index contributed by atoms with van der Waals surface area (Å²) in [5.74, 6) is -0.715. The number of rotatable bonds is 39. The number of ether oxygens (including phenoxy) is 3. The maximum atomic E-state index is 12.9. The van der Waals surface area contributed by atoms with Crippen LogP contribution in [0.2, 0.25) is 44.3 Å². The van der Waals surface area contributed by atoms with Crippen LogP contribution in [0.5, 0.6) is 0 Å². The molecule has 41 nitrogen and oxygen atoms in total. The summed E-state index contributed by atoms with van der Waals surface area (Å²) in [5.41, 5.74) is 16.1. The summed E-state index contributed by atoms with van der Waals surface area (Å²) in [5, 5.41) is 63.6. The van der Waals surface area contributed by atoms with E-state index < -0.39 is 140 Å². The fraction of sp³-hybridized carbons (Fsp3) is 0.704. The Balaban J connectivity index is 0.000000361. The molecule has 0 bridgehead atoms. The second-order valence-electron chi connectivity index (χ2n) is 33.3. The predicted molar refractivity (Wildman–Crippen MR) is 525 cm³/mol. The van der Waals surface area contributed by atoms with Crippen molar-refractivity contribution in [2.24, 2.45) is 0 Å². The van der Waals surface area contributed by atoms with E-state index in [0.29, 0.717) is 32.1 Å². The molecule has 0 aliphatic carbocycles. The van der Waals surface area contributed by atoms with Crippen molar-refractivity contribution >= 4 is 143 Å². The highest BCUT2D eigenvalue weighted by Gasteiger charge is 2.59. The van der Waals surface area contributed by atoms with Crippen LogP contribution in [0.15, 0.2) is 85.3 Å². The second-order valence-corrected chi connectivity index (χ2v) is 59.8. The number of hydrogen-bond acceptors (Lipinski definition) is 39. The van der Waals surface area contributed by atoms with Crippen LogP contribution in [0, 0.1) is 13.5 Å². The van der Waals surface area contributed by atoms with E-state index in [1.807, 2.05) is 0 Å². The minimum absolute atomic E-state index is 0.0121. The van der Waals surface area contributed by atoms with E-state index >= 15 is 0 Å². The van der Waals surface area contributed by atoms with Crippen LogP contribution in [0.1, 0.15) is 167 Å². The molecular weight excluding hydrogens is 1900 g/mol. The zero-order valence-electron chi connectivity index (χ0n) is 81.0. The van der Waals surface area contributed by atoms with Gasteiger partial charge in [0, 0.05) is 71.2 Å². The highest BCUT2D eigenvalue weighted by Crippen LogP contribution is 2.49. The van der Waals surface area contributed by atoms with Crippen molar-refractivity contribution in [1.29, 1.82) is 0 Å². The van der Waals surface area contributed by atoms with E-state index in [2.05, 4.69) is 146 Å². The van der Waals surface area contributed by atoms with Gasteiger partial charge < -0.3 is 112 Å². The first-order valence-corrected chi connectivity index (χ1v) is 57.3. The third-order valence-electron chi connectivity index (χ3n) is 20.9.